The summed E-state index contributed by atoms with van der Waals surface area (Å²) in [5.74, 6) is 2.11. The summed E-state index contributed by atoms with van der Waals surface area (Å²) in [4.78, 5) is 26.7. The van der Waals surface area contributed by atoms with Crippen LogP contribution in [0.3, 0.4) is 0 Å². The summed E-state index contributed by atoms with van der Waals surface area (Å²) < 4.78 is 5.71. The molecule has 1 saturated carbocycles. The summed E-state index contributed by atoms with van der Waals surface area (Å²) >= 11 is 1.69. The number of hydrogen-bond acceptors (Lipinski definition) is 7. The summed E-state index contributed by atoms with van der Waals surface area (Å²) in [6.45, 7) is 4.42. The molecule has 3 aromatic rings. The fraction of sp³-hybridized carbons (Fsp3) is 0.444. The van der Waals surface area contributed by atoms with Gasteiger partial charge in [0.1, 0.15) is 22.7 Å². The molecule has 0 atom stereocenters. The fourth-order valence-electron chi connectivity index (χ4n) is 5.63. The van der Waals surface area contributed by atoms with Crippen molar-refractivity contribution < 1.29 is 9.53 Å². The van der Waals surface area contributed by atoms with Crippen LogP contribution in [0.4, 0.5) is 17.2 Å². The van der Waals surface area contributed by atoms with Gasteiger partial charge >= 0.3 is 0 Å². The summed E-state index contributed by atoms with van der Waals surface area (Å²) in [5, 5.41) is 8.07. The van der Waals surface area contributed by atoms with Crippen molar-refractivity contribution in [2.75, 3.05) is 30.8 Å². The fourth-order valence-corrected chi connectivity index (χ4v) is 6.84. The Labute approximate surface area is 209 Å². The molecule has 0 radical (unpaired) electrons. The van der Waals surface area contributed by atoms with E-state index in [1.165, 1.54) is 35.3 Å². The molecule has 182 valence electrons. The molecule has 4 heterocycles. The minimum Gasteiger partial charge on any atom is -0.494 e. The van der Waals surface area contributed by atoms with Crippen LogP contribution in [0.1, 0.15) is 55.0 Å². The number of ether oxygens (including phenoxy) is 1. The number of benzene rings is 1. The zero-order valence-electron chi connectivity index (χ0n) is 20.3. The topological polar surface area (TPSA) is 79.4 Å². The molecule has 1 aromatic carbocycles. The maximum absolute atomic E-state index is 13.2. The van der Waals surface area contributed by atoms with Crippen LogP contribution >= 0.6 is 11.3 Å². The predicted octanol–water partition coefficient (Wildman–Crippen LogP) is 5.74. The number of thiophene rings is 1. The largest absolute Gasteiger partial charge is 0.494 e. The highest BCUT2D eigenvalue weighted by Crippen LogP contribution is 2.41. The lowest BCUT2D eigenvalue weighted by molar-refractivity contribution is -0.137. The van der Waals surface area contributed by atoms with E-state index in [1.807, 2.05) is 6.07 Å². The number of nitrogens with zero attached hydrogens (tertiary/aromatic N) is 3. The maximum atomic E-state index is 13.2. The van der Waals surface area contributed by atoms with Crippen molar-refractivity contribution in [2.45, 2.75) is 52.0 Å². The molecule has 3 aliphatic rings. The van der Waals surface area contributed by atoms with E-state index in [4.69, 9.17) is 4.74 Å². The number of carbonyl (C=O) groups is 1. The lowest BCUT2D eigenvalue weighted by Gasteiger charge is -2.32. The molecule has 6 rings (SSSR count). The Morgan fingerprint density at radius 3 is 2.91 bits per heavy atom. The van der Waals surface area contributed by atoms with Gasteiger partial charge in [-0.3, -0.25) is 4.79 Å². The van der Waals surface area contributed by atoms with E-state index >= 15 is 0 Å². The Balaban J connectivity index is 1.32. The van der Waals surface area contributed by atoms with E-state index < -0.39 is 0 Å². The highest BCUT2D eigenvalue weighted by molar-refractivity contribution is 7.19. The van der Waals surface area contributed by atoms with Gasteiger partial charge in [-0.2, -0.15) is 0 Å². The lowest BCUT2D eigenvalue weighted by Crippen LogP contribution is -2.39. The molecular formula is C27H31N5O2S. The van der Waals surface area contributed by atoms with Crippen molar-refractivity contribution in [2.24, 2.45) is 5.92 Å². The molecule has 1 fully saturated rings. The first-order chi connectivity index (χ1) is 17.1. The zero-order valence-corrected chi connectivity index (χ0v) is 21.1. The molecule has 0 spiro atoms. The molecule has 2 aliphatic heterocycles. The monoisotopic (exact) mass is 489 g/mol. The molecule has 2 N–H and O–H groups in total. The molecule has 0 saturated heterocycles. The second-order valence-electron chi connectivity index (χ2n) is 9.86. The first kappa shape index (κ1) is 22.3. The van der Waals surface area contributed by atoms with Crippen molar-refractivity contribution in [3.8, 4) is 5.75 Å². The highest BCUT2D eigenvalue weighted by Gasteiger charge is 2.31. The van der Waals surface area contributed by atoms with E-state index in [0.717, 1.165) is 71.1 Å². The minimum atomic E-state index is 0.209. The molecule has 7 nitrogen and oxygen atoms in total. The third-order valence-corrected chi connectivity index (χ3v) is 8.61. The van der Waals surface area contributed by atoms with Crippen LogP contribution < -0.4 is 15.4 Å². The van der Waals surface area contributed by atoms with E-state index in [9.17, 15) is 4.79 Å². The van der Waals surface area contributed by atoms with Crippen LogP contribution in [0.2, 0.25) is 0 Å². The first-order valence-electron chi connectivity index (χ1n) is 12.5. The third kappa shape index (κ3) is 4.14. The van der Waals surface area contributed by atoms with Gasteiger partial charge < -0.3 is 20.3 Å². The minimum absolute atomic E-state index is 0.209. The Bertz CT molecular complexity index is 1320. The van der Waals surface area contributed by atoms with Gasteiger partial charge in [-0.1, -0.05) is 30.9 Å². The van der Waals surface area contributed by atoms with Crippen LogP contribution in [0.25, 0.3) is 16.3 Å². The summed E-state index contributed by atoms with van der Waals surface area (Å²) in [6.07, 6.45) is 10.4. The average molecular weight is 490 g/mol. The standard InChI is InChI=1S/C27H31N5O2S/c1-16-10-18-11-21(22(34-2)12-20(18)28-13-16)31-25-24-19-8-9-32(27(33)17-6-4-3-5-7-17)14-23(19)35-26(24)30-15-29-25/h10-12,15,17,28H,3-9,13-14H2,1-2H3,(H,29,30,31). The second kappa shape index (κ2) is 9.15. The van der Waals surface area contributed by atoms with Crippen molar-refractivity contribution in [1.82, 2.24) is 14.9 Å². The Kier molecular flexibility index (Phi) is 5.84. The number of hydrogen-bond donors (Lipinski definition) is 2. The molecule has 35 heavy (non-hydrogen) atoms. The molecular weight excluding hydrogens is 458 g/mol. The van der Waals surface area contributed by atoms with Crippen molar-refractivity contribution in [1.29, 1.82) is 0 Å². The average Bonchev–Trinajstić information content (AvgIpc) is 3.27. The van der Waals surface area contributed by atoms with E-state index in [1.54, 1.807) is 24.8 Å². The van der Waals surface area contributed by atoms with Crippen molar-refractivity contribution in [3.63, 3.8) is 0 Å². The highest BCUT2D eigenvalue weighted by atomic mass is 32.1. The lowest BCUT2D eigenvalue weighted by atomic mass is 9.88. The van der Waals surface area contributed by atoms with Crippen LogP contribution in [0, 0.1) is 5.92 Å². The van der Waals surface area contributed by atoms with Gasteiger partial charge in [0.2, 0.25) is 5.91 Å². The molecule has 1 aliphatic carbocycles. The van der Waals surface area contributed by atoms with Crippen LogP contribution in [0.5, 0.6) is 5.75 Å². The number of methoxy groups -OCH3 is 1. The molecule has 0 bridgehead atoms. The van der Waals surface area contributed by atoms with Gasteiger partial charge in [0.05, 0.1) is 24.7 Å². The van der Waals surface area contributed by atoms with Gasteiger partial charge in [-0.25, -0.2) is 9.97 Å². The molecule has 0 unspecified atom stereocenters. The SMILES string of the molecule is COc1cc2c(cc1Nc1ncnc3sc4c(c13)CCN(C(=O)C1CCCCC1)C4)C=C(C)CN2. The van der Waals surface area contributed by atoms with Crippen LogP contribution in [0.15, 0.2) is 24.0 Å². The van der Waals surface area contributed by atoms with Crippen molar-refractivity contribution in [3.05, 3.63) is 40.0 Å². The second-order valence-corrected chi connectivity index (χ2v) is 10.9. The van der Waals surface area contributed by atoms with Gasteiger partial charge in [-0.15, -0.1) is 11.3 Å². The molecule has 8 heteroatoms. The number of rotatable bonds is 4. The maximum Gasteiger partial charge on any atom is 0.226 e. The Hall–Kier alpha value is -3.13. The zero-order chi connectivity index (χ0) is 23.9. The number of anilines is 3. The summed E-state index contributed by atoms with van der Waals surface area (Å²) in [7, 11) is 1.69. The first-order valence-corrected chi connectivity index (χ1v) is 13.4. The summed E-state index contributed by atoms with van der Waals surface area (Å²) in [6, 6.07) is 4.15. The normalized spacial score (nSPS) is 17.9. The smallest absolute Gasteiger partial charge is 0.226 e. The van der Waals surface area contributed by atoms with E-state index in [-0.39, 0.29) is 5.92 Å². The Morgan fingerprint density at radius 1 is 1.23 bits per heavy atom. The number of nitrogens with one attached hydrogen (secondary N) is 2. The number of carbonyl (C=O) groups excluding carboxylic acids is 1. The number of fused-ring (bicyclic) bond motifs is 4. The Morgan fingerprint density at radius 2 is 2.09 bits per heavy atom. The third-order valence-electron chi connectivity index (χ3n) is 7.49. The van der Waals surface area contributed by atoms with Crippen LogP contribution in [-0.4, -0.2) is 41.0 Å². The molecule has 2 aromatic heterocycles. The van der Waals surface area contributed by atoms with Gasteiger partial charge in [-0.05, 0) is 43.4 Å². The van der Waals surface area contributed by atoms with Gasteiger partial charge in [0.15, 0.2) is 0 Å². The predicted molar refractivity (Wildman–Crippen MR) is 142 cm³/mol. The number of amides is 1. The van der Waals surface area contributed by atoms with E-state index in [0.29, 0.717) is 12.5 Å². The van der Waals surface area contributed by atoms with Crippen LogP contribution in [-0.2, 0) is 17.8 Å². The summed E-state index contributed by atoms with van der Waals surface area (Å²) in [5.41, 5.74) is 5.64. The van der Waals surface area contributed by atoms with Crippen molar-refractivity contribution >= 4 is 50.7 Å². The van der Waals surface area contributed by atoms with Gasteiger partial charge in [0, 0.05) is 35.6 Å². The van der Waals surface area contributed by atoms with E-state index in [2.05, 4.69) is 44.6 Å². The van der Waals surface area contributed by atoms with Gasteiger partial charge in [0.25, 0.3) is 0 Å². The number of aromatic nitrogens is 2. The quantitative estimate of drug-likeness (QED) is 0.487. The molecule has 1 amide bonds.